The second-order valence-electron chi connectivity index (χ2n) is 4.03. The summed E-state index contributed by atoms with van der Waals surface area (Å²) in [5, 5.41) is 18.5. The summed E-state index contributed by atoms with van der Waals surface area (Å²) in [4.78, 5) is 0. The SMILES string of the molecule is N#Cc1ccc(OC(F)F)c(OCC2CC2)c1O. The number of rotatable bonds is 5. The number of phenols is 1. The van der Waals surface area contributed by atoms with Crippen LogP contribution in [0.3, 0.4) is 0 Å². The van der Waals surface area contributed by atoms with Crippen LogP contribution in [0.4, 0.5) is 8.78 Å². The van der Waals surface area contributed by atoms with E-state index >= 15 is 0 Å². The largest absolute Gasteiger partial charge is 0.503 e. The van der Waals surface area contributed by atoms with Crippen molar-refractivity contribution in [3.8, 4) is 23.3 Å². The van der Waals surface area contributed by atoms with Crippen LogP contribution in [0.2, 0.25) is 0 Å². The molecule has 2 rings (SSSR count). The Morgan fingerprint density at radius 3 is 2.72 bits per heavy atom. The summed E-state index contributed by atoms with van der Waals surface area (Å²) < 4.78 is 33.9. The maximum Gasteiger partial charge on any atom is 0.387 e. The van der Waals surface area contributed by atoms with E-state index in [4.69, 9.17) is 10.00 Å². The van der Waals surface area contributed by atoms with Crippen molar-refractivity contribution in [3.05, 3.63) is 17.7 Å². The van der Waals surface area contributed by atoms with E-state index < -0.39 is 12.4 Å². The Morgan fingerprint density at radius 2 is 2.17 bits per heavy atom. The Labute approximate surface area is 102 Å². The lowest BCUT2D eigenvalue weighted by Gasteiger charge is -2.13. The van der Waals surface area contributed by atoms with E-state index in [1.54, 1.807) is 6.07 Å². The fourth-order valence-corrected chi connectivity index (χ4v) is 1.46. The number of hydrogen-bond donors (Lipinski definition) is 1. The second-order valence-corrected chi connectivity index (χ2v) is 4.03. The Morgan fingerprint density at radius 1 is 1.44 bits per heavy atom. The van der Waals surface area contributed by atoms with Gasteiger partial charge in [-0.15, -0.1) is 0 Å². The van der Waals surface area contributed by atoms with Gasteiger partial charge < -0.3 is 14.6 Å². The lowest BCUT2D eigenvalue weighted by molar-refractivity contribution is -0.0516. The van der Waals surface area contributed by atoms with Gasteiger partial charge in [0.1, 0.15) is 6.07 Å². The average Bonchev–Trinajstić information content (AvgIpc) is 3.12. The molecule has 0 heterocycles. The molecule has 6 heteroatoms. The molecule has 1 aliphatic carbocycles. The van der Waals surface area contributed by atoms with Crippen LogP contribution in [0.1, 0.15) is 18.4 Å². The van der Waals surface area contributed by atoms with Crippen molar-refractivity contribution in [2.24, 2.45) is 5.92 Å². The molecule has 1 aromatic rings. The molecule has 0 unspecified atom stereocenters. The number of alkyl halides is 2. The zero-order chi connectivity index (χ0) is 13.1. The van der Waals surface area contributed by atoms with Gasteiger partial charge in [-0.1, -0.05) is 0 Å². The van der Waals surface area contributed by atoms with Gasteiger partial charge in [-0.25, -0.2) is 0 Å². The Bertz CT molecular complexity index is 481. The number of aromatic hydroxyl groups is 1. The minimum atomic E-state index is -3.01. The highest BCUT2D eigenvalue weighted by Gasteiger charge is 2.25. The fourth-order valence-electron chi connectivity index (χ4n) is 1.46. The molecule has 18 heavy (non-hydrogen) atoms. The first-order valence-electron chi connectivity index (χ1n) is 5.45. The lowest BCUT2D eigenvalue weighted by atomic mass is 10.2. The number of phenolic OH excluding ortho intramolecular Hbond substituents is 1. The fraction of sp³-hybridized carbons (Fsp3) is 0.417. The molecule has 0 saturated heterocycles. The summed E-state index contributed by atoms with van der Waals surface area (Å²) in [5.74, 6) is -0.533. The van der Waals surface area contributed by atoms with Crippen LogP contribution < -0.4 is 9.47 Å². The van der Waals surface area contributed by atoms with Gasteiger partial charge in [0.15, 0.2) is 11.5 Å². The zero-order valence-corrected chi connectivity index (χ0v) is 9.40. The number of ether oxygens (including phenoxy) is 2. The summed E-state index contributed by atoms with van der Waals surface area (Å²) in [6.07, 6.45) is 2.04. The van der Waals surface area contributed by atoms with Crippen LogP contribution in [0.25, 0.3) is 0 Å². The molecular formula is C12H11F2NO3. The van der Waals surface area contributed by atoms with Gasteiger partial charge in [0.25, 0.3) is 0 Å². The van der Waals surface area contributed by atoms with Crippen LogP contribution in [-0.4, -0.2) is 18.3 Å². The van der Waals surface area contributed by atoms with Gasteiger partial charge in [0.2, 0.25) is 5.75 Å². The third kappa shape index (κ3) is 2.80. The first-order chi connectivity index (χ1) is 8.61. The number of benzene rings is 1. The van der Waals surface area contributed by atoms with Crippen molar-refractivity contribution in [1.82, 2.24) is 0 Å². The molecule has 0 atom stereocenters. The van der Waals surface area contributed by atoms with Gasteiger partial charge in [-0.05, 0) is 30.9 Å². The topological polar surface area (TPSA) is 62.5 Å². The summed E-state index contributed by atoms with van der Waals surface area (Å²) >= 11 is 0. The van der Waals surface area contributed by atoms with E-state index in [1.165, 1.54) is 12.1 Å². The van der Waals surface area contributed by atoms with E-state index in [0.29, 0.717) is 12.5 Å². The van der Waals surface area contributed by atoms with E-state index in [0.717, 1.165) is 12.8 Å². The lowest BCUT2D eigenvalue weighted by Crippen LogP contribution is -2.06. The standard InChI is InChI=1S/C12H11F2NO3/c13-12(14)18-9-4-3-8(5-15)10(16)11(9)17-6-7-1-2-7/h3-4,7,12,16H,1-2,6H2. The maximum atomic E-state index is 12.2. The highest BCUT2D eigenvalue weighted by atomic mass is 19.3. The molecule has 1 fully saturated rings. The Balaban J connectivity index is 2.26. The first kappa shape index (κ1) is 12.4. The van der Waals surface area contributed by atoms with Crippen molar-refractivity contribution in [1.29, 1.82) is 5.26 Å². The average molecular weight is 255 g/mol. The van der Waals surface area contributed by atoms with E-state index in [9.17, 15) is 13.9 Å². The molecule has 0 aromatic heterocycles. The van der Waals surface area contributed by atoms with Crippen molar-refractivity contribution in [2.45, 2.75) is 19.5 Å². The third-order valence-corrected chi connectivity index (χ3v) is 2.59. The summed E-state index contributed by atoms with van der Waals surface area (Å²) in [6, 6.07) is 4.14. The molecule has 0 radical (unpaired) electrons. The smallest absolute Gasteiger partial charge is 0.387 e. The summed E-state index contributed by atoms with van der Waals surface area (Å²) in [7, 11) is 0. The minimum absolute atomic E-state index is 0.0394. The molecule has 96 valence electrons. The molecule has 0 aliphatic heterocycles. The number of nitriles is 1. The van der Waals surface area contributed by atoms with Gasteiger partial charge >= 0.3 is 6.61 Å². The molecule has 1 aromatic carbocycles. The van der Waals surface area contributed by atoms with Crippen molar-refractivity contribution >= 4 is 0 Å². The molecule has 4 nitrogen and oxygen atoms in total. The normalized spacial score (nSPS) is 14.3. The van der Waals surface area contributed by atoms with E-state index in [-0.39, 0.29) is 17.1 Å². The quantitative estimate of drug-likeness (QED) is 0.878. The van der Waals surface area contributed by atoms with Gasteiger partial charge in [0.05, 0.1) is 12.2 Å². The highest BCUT2D eigenvalue weighted by molar-refractivity contribution is 5.58. The molecular weight excluding hydrogens is 244 g/mol. The Kier molecular flexibility index (Phi) is 3.51. The van der Waals surface area contributed by atoms with Gasteiger partial charge in [-0.3, -0.25) is 0 Å². The molecule has 0 amide bonds. The number of hydrogen-bond acceptors (Lipinski definition) is 4. The molecule has 0 bridgehead atoms. The van der Waals surface area contributed by atoms with Gasteiger partial charge in [0, 0.05) is 0 Å². The van der Waals surface area contributed by atoms with Crippen LogP contribution in [0, 0.1) is 17.2 Å². The summed E-state index contributed by atoms with van der Waals surface area (Å²) in [5.41, 5.74) is -0.0394. The monoisotopic (exact) mass is 255 g/mol. The van der Waals surface area contributed by atoms with Crippen LogP contribution in [0.15, 0.2) is 12.1 Å². The zero-order valence-electron chi connectivity index (χ0n) is 9.40. The van der Waals surface area contributed by atoms with Crippen molar-refractivity contribution < 1.29 is 23.4 Å². The summed E-state index contributed by atoms with van der Waals surface area (Å²) in [6.45, 7) is -2.69. The third-order valence-electron chi connectivity index (χ3n) is 2.59. The van der Waals surface area contributed by atoms with Crippen molar-refractivity contribution in [3.63, 3.8) is 0 Å². The minimum Gasteiger partial charge on any atom is -0.503 e. The molecule has 1 aliphatic rings. The predicted molar refractivity (Wildman–Crippen MR) is 57.7 cm³/mol. The second kappa shape index (κ2) is 5.08. The number of halogens is 2. The predicted octanol–water partition coefficient (Wildman–Crippen LogP) is 2.65. The van der Waals surface area contributed by atoms with Gasteiger partial charge in [-0.2, -0.15) is 14.0 Å². The van der Waals surface area contributed by atoms with E-state index in [2.05, 4.69) is 4.74 Å². The number of nitrogens with zero attached hydrogens (tertiary/aromatic N) is 1. The van der Waals surface area contributed by atoms with Crippen LogP contribution in [-0.2, 0) is 0 Å². The van der Waals surface area contributed by atoms with Crippen LogP contribution in [0.5, 0.6) is 17.2 Å². The molecule has 1 saturated carbocycles. The van der Waals surface area contributed by atoms with Crippen molar-refractivity contribution in [2.75, 3.05) is 6.61 Å². The molecule has 1 N–H and O–H groups in total. The van der Waals surface area contributed by atoms with Crippen LogP contribution >= 0.6 is 0 Å². The highest BCUT2D eigenvalue weighted by Crippen LogP contribution is 2.41. The first-order valence-corrected chi connectivity index (χ1v) is 5.45. The van der Waals surface area contributed by atoms with E-state index in [1.807, 2.05) is 0 Å². The maximum absolute atomic E-state index is 12.2. The molecule has 0 spiro atoms. The Hall–Kier alpha value is -2.03.